The van der Waals surface area contributed by atoms with Gasteiger partial charge in [-0.15, -0.1) is 0 Å². The van der Waals surface area contributed by atoms with Crippen molar-refractivity contribution < 1.29 is 4.79 Å². The lowest BCUT2D eigenvalue weighted by atomic mass is 9.89. The van der Waals surface area contributed by atoms with Gasteiger partial charge < -0.3 is 10.2 Å². The highest BCUT2D eigenvalue weighted by Crippen LogP contribution is 2.25. The second kappa shape index (κ2) is 7.62. The number of allylic oxidation sites excluding steroid dienone is 2. The van der Waals surface area contributed by atoms with Gasteiger partial charge in [-0.3, -0.25) is 4.79 Å². The molecule has 1 saturated heterocycles. The molecule has 0 spiro atoms. The van der Waals surface area contributed by atoms with Crippen LogP contribution in [0.2, 0.25) is 0 Å². The zero-order valence-corrected chi connectivity index (χ0v) is 15.0. The van der Waals surface area contributed by atoms with Crippen molar-refractivity contribution in [3.63, 3.8) is 0 Å². The summed E-state index contributed by atoms with van der Waals surface area (Å²) in [6.45, 7) is 8.19. The summed E-state index contributed by atoms with van der Waals surface area (Å²) in [5.74, 6) is 0.913. The Labute approximate surface area is 149 Å². The second-order valence-corrected chi connectivity index (χ2v) is 6.85. The lowest BCUT2D eigenvalue weighted by Gasteiger charge is -2.29. The number of amides is 1. The van der Waals surface area contributed by atoms with Crippen molar-refractivity contribution in [2.45, 2.75) is 19.8 Å². The molecule has 0 aliphatic carbocycles. The number of likely N-dealkylation sites (tertiary alicyclic amines) is 1. The maximum atomic E-state index is 12.5. The van der Waals surface area contributed by atoms with Crippen LogP contribution in [0.1, 0.15) is 19.8 Å². The summed E-state index contributed by atoms with van der Waals surface area (Å²) in [6, 6.07) is 9.86. The molecule has 1 aromatic carbocycles. The van der Waals surface area contributed by atoms with Gasteiger partial charge in [0, 0.05) is 17.2 Å². The summed E-state index contributed by atoms with van der Waals surface area (Å²) in [5, 5.41) is 5.00. The van der Waals surface area contributed by atoms with E-state index in [4.69, 9.17) is 0 Å². The summed E-state index contributed by atoms with van der Waals surface area (Å²) in [5.41, 5.74) is 1.71. The SMILES string of the molecule is C=C(/C=C(\C)C(=O)Nc1cc2ccccc2cn1)C1CCN(C)CC1. The fourth-order valence-corrected chi connectivity index (χ4v) is 3.21. The number of hydrogen-bond acceptors (Lipinski definition) is 3. The van der Waals surface area contributed by atoms with E-state index in [1.165, 1.54) is 0 Å². The molecule has 130 valence electrons. The Bertz CT molecular complexity index is 817. The molecule has 1 fully saturated rings. The van der Waals surface area contributed by atoms with Crippen LogP contribution >= 0.6 is 0 Å². The van der Waals surface area contributed by atoms with Crippen molar-refractivity contribution in [1.29, 1.82) is 0 Å². The first-order chi connectivity index (χ1) is 12.0. The topological polar surface area (TPSA) is 45.2 Å². The van der Waals surface area contributed by atoms with E-state index in [0.29, 0.717) is 17.3 Å². The molecule has 4 heteroatoms. The molecule has 0 radical (unpaired) electrons. The smallest absolute Gasteiger partial charge is 0.252 e. The van der Waals surface area contributed by atoms with E-state index >= 15 is 0 Å². The minimum absolute atomic E-state index is 0.128. The van der Waals surface area contributed by atoms with Gasteiger partial charge in [-0.1, -0.05) is 42.5 Å². The van der Waals surface area contributed by atoms with Crippen molar-refractivity contribution in [1.82, 2.24) is 9.88 Å². The number of nitrogens with zero attached hydrogens (tertiary/aromatic N) is 2. The minimum atomic E-state index is -0.128. The summed E-state index contributed by atoms with van der Waals surface area (Å²) < 4.78 is 0. The molecule has 2 aromatic rings. The van der Waals surface area contributed by atoms with Crippen molar-refractivity contribution in [3.8, 4) is 0 Å². The van der Waals surface area contributed by atoms with Gasteiger partial charge in [0.2, 0.25) is 0 Å². The van der Waals surface area contributed by atoms with E-state index in [1.807, 2.05) is 43.3 Å². The van der Waals surface area contributed by atoms with E-state index in [1.54, 1.807) is 6.20 Å². The summed E-state index contributed by atoms with van der Waals surface area (Å²) in [7, 11) is 2.14. The molecule has 1 aliphatic rings. The van der Waals surface area contributed by atoms with E-state index < -0.39 is 0 Å². The molecule has 3 rings (SSSR count). The van der Waals surface area contributed by atoms with Gasteiger partial charge in [0.05, 0.1) is 0 Å². The Morgan fingerprint density at radius 3 is 2.68 bits per heavy atom. The van der Waals surface area contributed by atoms with E-state index in [0.717, 1.165) is 42.3 Å². The zero-order chi connectivity index (χ0) is 17.8. The fraction of sp³-hybridized carbons (Fsp3) is 0.333. The molecule has 1 amide bonds. The number of hydrogen-bond donors (Lipinski definition) is 1. The van der Waals surface area contributed by atoms with Crippen molar-refractivity contribution in [3.05, 3.63) is 60.3 Å². The molecule has 0 bridgehead atoms. The number of carbonyl (C=O) groups is 1. The standard InChI is InChI=1S/C21H25N3O/c1-15(17-8-10-24(3)11-9-17)12-16(2)21(25)23-20-13-18-6-4-5-7-19(18)14-22-20/h4-7,12-14,17H,1,8-11H2,2-3H3,(H,22,23,25)/b16-12+. The third-order valence-electron chi connectivity index (χ3n) is 4.88. The number of pyridine rings is 1. The maximum Gasteiger partial charge on any atom is 0.252 e. The van der Waals surface area contributed by atoms with Crippen LogP contribution in [0.3, 0.4) is 0 Å². The molecule has 0 unspecified atom stereocenters. The zero-order valence-electron chi connectivity index (χ0n) is 15.0. The Morgan fingerprint density at radius 2 is 1.96 bits per heavy atom. The number of nitrogens with one attached hydrogen (secondary N) is 1. The van der Waals surface area contributed by atoms with Gasteiger partial charge in [0.1, 0.15) is 5.82 Å². The number of carbonyl (C=O) groups excluding carboxylic acids is 1. The number of piperidine rings is 1. The Kier molecular flexibility index (Phi) is 5.29. The predicted molar refractivity (Wildman–Crippen MR) is 103 cm³/mol. The molecule has 0 saturated carbocycles. The number of benzene rings is 1. The molecule has 25 heavy (non-hydrogen) atoms. The largest absolute Gasteiger partial charge is 0.307 e. The van der Waals surface area contributed by atoms with Crippen LogP contribution in [-0.4, -0.2) is 35.9 Å². The van der Waals surface area contributed by atoms with Gasteiger partial charge in [-0.05, 0) is 57.3 Å². The van der Waals surface area contributed by atoms with E-state index in [2.05, 4.69) is 28.8 Å². The Hall–Kier alpha value is -2.46. The molecule has 1 aliphatic heterocycles. The molecule has 1 aromatic heterocycles. The second-order valence-electron chi connectivity index (χ2n) is 6.85. The Morgan fingerprint density at radius 1 is 1.28 bits per heavy atom. The maximum absolute atomic E-state index is 12.5. The third-order valence-corrected chi connectivity index (χ3v) is 4.88. The highest BCUT2D eigenvalue weighted by atomic mass is 16.1. The summed E-state index contributed by atoms with van der Waals surface area (Å²) in [4.78, 5) is 19.1. The average molecular weight is 335 g/mol. The number of rotatable bonds is 4. The highest BCUT2D eigenvalue weighted by molar-refractivity contribution is 6.03. The molecule has 1 N–H and O–H groups in total. The highest BCUT2D eigenvalue weighted by Gasteiger charge is 2.18. The van der Waals surface area contributed by atoms with Crippen LogP contribution in [0, 0.1) is 5.92 Å². The predicted octanol–water partition coefficient (Wildman–Crippen LogP) is 4.02. The molecular formula is C21H25N3O. The molecule has 4 nitrogen and oxygen atoms in total. The van der Waals surface area contributed by atoms with Gasteiger partial charge >= 0.3 is 0 Å². The van der Waals surface area contributed by atoms with Crippen molar-refractivity contribution in [2.75, 3.05) is 25.5 Å². The van der Waals surface area contributed by atoms with Crippen LogP contribution in [0.25, 0.3) is 10.8 Å². The van der Waals surface area contributed by atoms with Crippen LogP contribution in [0.15, 0.2) is 60.3 Å². The first-order valence-corrected chi connectivity index (χ1v) is 8.75. The van der Waals surface area contributed by atoms with E-state index in [9.17, 15) is 4.79 Å². The van der Waals surface area contributed by atoms with Crippen molar-refractivity contribution >= 4 is 22.5 Å². The summed E-state index contributed by atoms with van der Waals surface area (Å²) >= 11 is 0. The first kappa shape index (κ1) is 17.4. The average Bonchev–Trinajstić information content (AvgIpc) is 2.62. The first-order valence-electron chi connectivity index (χ1n) is 8.75. The minimum Gasteiger partial charge on any atom is -0.307 e. The molecule has 2 heterocycles. The lowest BCUT2D eigenvalue weighted by Crippen LogP contribution is -2.30. The van der Waals surface area contributed by atoms with Crippen LogP contribution in [0.4, 0.5) is 5.82 Å². The van der Waals surface area contributed by atoms with Crippen LogP contribution in [-0.2, 0) is 4.79 Å². The third kappa shape index (κ3) is 4.34. The van der Waals surface area contributed by atoms with Gasteiger partial charge in [0.25, 0.3) is 5.91 Å². The van der Waals surface area contributed by atoms with Crippen molar-refractivity contribution in [2.24, 2.45) is 5.92 Å². The van der Waals surface area contributed by atoms with Gasteiger partial charge in [-0.25, -0.2) is 4.98 Å². The fourth-order valence-electron chi connectivity index (χ4n) is 3.21. The number of fused-ring (bicyclic) bond motifs is 1. The Balaban J connectivity index is 1.65. The molecule has 0 atom stereocenters. The van der Waals surface area contributed by atoms with Crippen LogP contribution in [0.5, 0.6) is 0 Å². The monoisotopic (exact) mass is 335 g/mol. The van der Waals surface area contributed by atoms with Gasteiger partial charge in [-0.2, -0.15) is 0 Å². The van der Waals surface area contributed by atoms with Gasteiger partial charge in [0.15, 0.2) is 0 Å². The quantitative estimate of drug-likeness (QED) is 0.678. The normalized spacial score (nSPS) is 16.8. The molecular weight excluding hydrogens is 310 g/mol. The number of aromatic nitrogens is 1. The summed E-state index contributed by atoms with van der Waals surface area (Å²) in [6.07, 6.45) is 5.91. The lowest BCUT2D eigenvalue weighted by molar-refractivity contribution is -0.112. The van der Waals surface area contributed by atoms with Crippen LogP contribution < -0.4 is 5.32 Å². The van der Waals surface area contributed by atoms with E-state index in [-0.39, 0.29) is 5.91 Å². The number of anilines is 1.